The third-order valence-electron chi connectivity index (χ3n) is 4.19. The summed E-state index contributed by atoms with van der Waals surface area (Å²) in [4.78, 5) is 36.4. The van der Waals surface area contributed by atoms with E-state index < -0.39 is 10.8 Å². The molecule has 2 amide bonds. The number of nitrogens with zero attached hydrogens (tertiary/aromatic N) is 2. The van der Waals surface area contributed by atoms with Crippen molar-refractivity contribution in [3.63, 3.8) is 0 Å². The Hall–Kier alpha value is -3.22. The number of amides is 2. The molecule has 0 unspecified atom stereocenters. The minimum Gasteiger partial charge on any atom is -0.322 e. The number of hydrogen-bond donors (Lipinski definition) is 1. The van der Waals surface area contributed by atoms with E-state index in [4.69, 9.17) is 0 Å². The average Bonchev–Trinajstić information content (AvgIpc) is 2.60. The molecular formula is C18H17N3O4. The number of hydrogen-bond acceptors (Lipinski definition) is 4. The van der Waals surface area contributed by atoms with Crippen LogP contribution < -0.4 is 10.2 Å². The number of rotatable bonds is 3. The van der Waals surface area contributed by atoms with Crippen LogP contribution in [0.3, 0.4) is 0 Å². The highest BCUT2D eigenvalue weighted by atomic mass is 16.6. The number of aryl methyl sites for hydroxylation is 1. The molecule has 128 valence electrons. The molecule has 0 radical (unpaired) electrons. The van der Waals surface area contributed by atoms with Crippen LogP contribution in [0, 0.1) is 10.1 Å². The van der Waals surface area contributed by atoms with Gasteiger partial charge >= 0.3 is 0 Å². The molecule has 0 spiro atoms. The Balaban J connectivity index is 1.89. The molecule has 25 heavy (non-hydrogen) atoms. The summed E-state index contributed by atoms with van der Waals surface area (Å²) < 4.78 is 0. The first-order valence-corrected chi connectivity index (χ1v) is 7.93. The van der Waals surface area contributed by atoms with Crippen LogP contribution in [0.25, 0.3) is 0 Å². The largest absolute Gasteiger partial charge is 0.322 e. The van der Waals surface area contributed by atoms with Gasteiger partial charge in [0.25, 0.3) is 11.6 Å². The van der Waals surface area contributed by atoms with Gasteiger partial charge in [-0.1, -0.05) is 18.2 Å². The maximum absolute atomic E-state index is 12.4. The van der Waals surface area contributed by atoms with E-state index in [1.54, 1.807) is 23.1 Å². The lowest BCUT2D eigenvalue weighted by molar-refractivity contribution is -0.385. The lowest BCUT2D eigenvalue weighted by Gasteiger charge is -2.29. The molecule has 2 aromatic rings. The van der Waals surface area contributed by atoms with Crippen LogP contribution in [0.4, 0.5) is 17.1 Å². The van der Waals surface area contributed by atoms with Crippen molar-refractivity contribution in [1.82, 2.24) is 0 Å². The summed E-state index contributed by atoms with van der Waals surface area (Å²) in [6, 6.07) is 11.1. The molecule has 0 aromatic heterocycles. The van der Waals surface area contributed by atoms with E-state index in [0.717, 1.165) is 24.1 Å². The van der Waals surface area contributed by atoms with Gasteiger partial charge in [-0.3, -0.25) is 19.7 Å². The van der Waals surface area contributed by atoms with Gasteiger partial charge in [0.2, 0.25) is 5.91 Å². The van der Waals surface area contributed by atoms with Gasteiger partial charge in [0.15, 0.2) is 0 Å². The summed E-state index contributed by atoms with van der Waals surface area (Å²) in [5, 5.41) is 13.8. The summed E-state index contributed by atoms with van der Waals surface area (Å²) in [5.74, 6) is -0.611. The fourth-order valence-corrected chi connectivity index (χ4v) is 3.00. The van der Waals surface area contributed by atoms with Crippen LogP contribution >= 0.6 is 0 Å². The van der Waals surface area contributed by atoms with Gasteiger partial charge in [0, 0.05) is 30.9 Å². The Kier molecular flexibility index (Phi) is 4.47. The van der Waals surface area contributed by atoms with E-state index in [1.807, 2.05) is 6.07 Å². The first kappa shape index (κ1) is 16.6. The van der Waals surface area contributed by atoms with Gasteiger partial charge in [-0.05, 0) is 36.6 Å². The van der Waals surface area contributed by atoms with Crippen LogP contribution in [0.5, 0.6) is 0 Å². The molecule has 7 nitrogen and oxygen atoms in total. The quantitative estimate of drug-likeness (QED) is 0.687. The molecule has 0 atom stereocenters. The van der Waals surface area contributed by atoms with Crippen molar-refractivity contribution in [3.05, 3.63) is 63.7 Å². The van der Waals surface area contributed by atoms with E-state index in [9.17, 15) is 19.7 Å². The molecule has 0 aliphatic carbocycles. The summed E-state index contributed by atoms with van der Waals surface area (Å²) in [6.45, 7) is 2.15. The monoisotopic (exact) mass is 339 g/mol. The van der Waals surface area contributed by atoms with E-state index >= 15 is 0 Å². The van der Waals surface area contributed by atoms with E-state index in [1.165, 1.54) is 25.1 Å². The average molecular weight is 339 g/mol. The Morgan fingerprint density at radius 2 is 1.96 bits per heavy atom. The maximum Gasteiger partial charge on any atom is 0.282 e. The molecule has 0 bridgehead atoms. The number of carbonyl (C=O) groups is 2. The van der Waals surface area contributed by atoms with Crippen molar-refractivity contribution < 1.29 is 14.5 Å². The number of carbonyl (C=O) groups excluding carboxylic acids is 2. The third-order valence-corrected chi connectivity index (χ3v) is 4.19. The van der Waals surface area contributed by atoms with Crippen molar-refractivity contribution in [2.45, 2.75) is 19.8 Å². The predicted octanol–water partition coefficient (Wildman–Crippen LogP) is 3.15. The van der Waals surface area contributed by atoms with Gasteiger partial charge in [-0.25, -0.2) is 0 Å². The van der Waals surface area contributed by atoms with E-state index in [-0.39, 0.29) is 17.2 Å². The SMILES string of the molecule is CC(=O)N1CCCc2ccc(NC(=O)c3ccccc3[N+](=O)[O-])cc21. The van der Waals surface area contributed by atoms with Gasteiger partial charge in [0.1, 0.15) is 5.56 Å². The van der Waals surface area contributed by atoms with Gasteiger partial charge in [0.05, 0.1) is 4.92 Å². The molecule has 0 saturated carbocycles. The zero-order valence-corrected chi connectivity index (χ0v) is 13.7. The highest BCUT2D eigenvalue weighted by Crippen LogP contribution is 2.30. The normalized spacial score (nSPS) is 13.1. The fourth-order valence-electron chi connectivity index (χ4n) is 3.00. The van der Waals surface area contributed by atoms with Crippen molar-refractivity contribution in [1.29, 1.82) is 0 Å². The van der Waals surface area contributed by atoms with Crippen LogP contribution in [-0.4, -0.2) is 23.3 Å². The molecular weight excluding hydrogens is 322 g/mol. The van der Waals surface area contributed by atoms with Crippen molar-refractivity contribution in [3.8, 4) is 0 Å². The lowest BCUT2D eigenvalue weighted by Crippen LogP contribution is -2.33. The smallest absolute Gasteiger partial charge is 0.282 e. The van der Waals surface area contributed by atoms with Crippen LogP contribution in [0.1, 0.15) is 29.3 Å². The molecule has 1 N–H and O–H groups in total. The summed E-state index contributed by atoms with van der Waals surface area (Å²) in [5.41, 5.74) is 2.07. The minimum absolute atomic E-state index is 0.00588. The van der Waals surface area contributed by atoms with Crippen LogP contribution in [0.2, 0.25) is 0 Å². The van der Waals surface area contributed by atoms with Crippen LogP contribution in [-0.2, 0) is 11.2 Å². The molecule has 2 aromatic carbocycles. The number of anilines is 2. The third kappa shape index (κ3) is 3.35. The van der Waals surface area contributed by atoms with Gasteiger partial charge < -0.3 is 10.2 Å². The van der Waals surface area contributed by atoms with Gasteiger partial charge in [-0.15, -0.1) is 0 Å². The van der Waals surface area contributed by atoms with Crippen molar-refractivity contribution in [2.75, 3.05) is 16.8 Å². The number of nitro benzene ring substituents is 1. The first-order valence-electron chi connectivity index (χ1n) is 7.93. The molecule has 0 saturated heterocycles. The lowest BCUT2D eigenvalue weighted by atomic mass is 10.0. The van der Waals surface area contributed by atoms with Gasteiger partial charge in [-0.2, -0.15) is 0 Å². The number of nitro groups is 1. The number of benzene rings is 2. The topological polar surface area (TPSA) is 92.6 Å². The summed E-state index contributed by atoms with van der Waals surface area (Å²) >= 11 is 0. The standard InChI is InChI=1S/C18H17N3O4/c1-12(22)20-10-4-5-13-8-9-14(11-17(13)20)19-18(23)15-6-2-3-7-16(15)21(24)25/h2-3,6-9,11H,4-5,10H2,1H3,(H,19,23). The Labute approximate surface area is 144 Å². The highest BCUT2D eigenvalue weighted by molar-refractivity contribution is 6.07. The Morgan fingerprint density at radius 1 is 1.20 bits per heavy atom. The number of nitrogens with one attached hydrogen (secondary N) is 1. The second-order valence-electron chi connectivity index (χ2n) is 5.85. The maximum atomic E-state index is 12.4. The summed E-state index contributed by atoms with van der Waals surface area (Å²) in [7, 11) is 0. The highest BCUT2D eigenvalue weighted by Gasteiger charge is 2.22. The Bertz CT molecular complexity index is 863. The zero-order chi connectivity index (χ0) is 18.0. The molecule has 0 fully saturated rings. The van der Waals surface area contributed by atoms with Crippen LogP contribution in [0.15, 0.2) is 42.5 Å². The molecule has 1 heterocycles. The number of fused-ring (bicyclic) bond motifs is 1. The minimum atomic E-state index is -0.584. The number of para-hydroxylation sites is 1. The second-order valence-corrected chi connectivity index (χ2v) is 5.85. The first-order chi connectivity index (χ1) is 12.0. The molecule has 7 heteroatoms. The van der Waals surface area contributed by atoms with Crippen molar-refractivity contribution in [2.24, 2.45) is 0 Å². The molecule has 3 rings (SSSR count). The fraction of sp³-hybridized carbons (Fsp3) is 0.222. The van der Waals surface area contributed by atoms with Crippen molar-refractivity contribution >= 4 is 28.9 Å². The Morgan fingerprint density at radius 3 is 2.68 bits per heavy atom. The molecule has 1 aliphatic heterocycles. The zero-order valence-electron chi connectivity index (χ0n) is 13.7. The molecule has 1 aliphatic rings. The predicted molar refractivity (Wildman–Crippen MR) is 93.8 cm³/mol. The van der Waals surface area contributed by atoms with E-state index in [2.05, 4.69) is 5.32 Å². The summed E-state index contributed by atoms with van der Waals surface area (Å²) in [6.07, 6.45) is 1.77. The second kappa shape index (κ2) is 6.72. The van der Waals surface area contributed by atoms with E-state index in [0.29, 0.717) is 12.2 Å².